The maximum Gasteiger partial charge on any atom is 0.336 e. The van der Waals surface area contributed by atoms with Crippen LogP contribution in [0.25, 0.3) is 11.0 Å². The van der Waals surface area contributed by atoms with Crippen molar-refractivity contribution in [2.45, 2.75) is 65.7 Å². The maximum atomic E-state index is 11.9. The van der Waals surface area contributed by atoms with Crippen LogP contribution in [-0.4, -0.2) is 11.2 Å². The van der Waals surface area contributed by atoms with Gasteiger partial charge in [0.1, 0.15) is 5.58 Å². The third kappa shape index (κ3) is 5.90. The molecule has 1 aromatic carbocycles. The van der Waals surface area contributed by atoms with Crippen LogP contribution >= 0.6 is 11.8 Å². The molecule has 0 aliphatic rings. The molecule has 2 rings (SSSR count). The van der Waals surface area contributed by atoms with Crippen molar-refractivity contribution in [3.63, 3.8) is 0 Å². The minimum absolute atomic E-state index is 0.226. The molecule has 2 aromatic rings. The van der Waals surface area contributed by atoms with Crippen molar-refractivity contribution in [2.75, 3.05) is 0 Å². The topological polar surface area (TPSA) is 68.6 Å². The van der Waals surface area contributed by atoms with Crippen LogP contribution in [0.3, 0.4) is 0 Å². The highest BCUT2D eigenvalue weighted by Gasteiger charge is 2.09. The van der Waals surface area contributed by atoms with E-state index in [1.54, 1.807) is 6.07 Å². The van der Waals surface area contributed by atoms with E-state index >= 15 is 0 Å². The Kier molecular flexibility index (Phi) is 7.33. The molecule has 0 saturated carbocycles. The van der Waals surface area contributed by atoms with Crippen molar-refractivity contribution in [3.8, 4) is 0 Å². The second-order valence-corrected chi connectivity index (χ2v) is 8.45. The standard InChI is InChI=1S/C21H30N2O2S/c1-13(2)7-6-8-16(5)23-21(22)26-12-17-11-20(24)25-19-10-15(4)14(3)9-18(17)19/h9-11,13,16H,6-8,12H2,1-5H3,(H2,22,23)/t16-/m0/s1. The summed E-state index contributed by atoms with van der Waals surface area (Å²) in [7, 11) is 0. The Bertz CT molecular complexity index is 840. The molecule has 0 saturated heterocycles. The van der Waals surface area contributed by atoms with Gasteiger partial charge in [-0.3, -0.25) is 4.99 Å². The number of hydrogen-bond donors (Lipinski definition) is 1. The fraction of sp³-hybridized carbons (Fsp3) is 0.524. The van der Waals surface area contributed by atoms with Gasteiger partial charge in [0.2, 0.25) is 0 Å². The van der Waals surface area contributed by atoms with Crippen molar-refractivity contribution in [3.05, 3.63) is 45.3 Å². The van der Waals surface area contributed by atoms with Crippen LogP contribution in [0.15, 0.2) is 32.4 Å². The summed E-state index contributed by atoms with van der Waals surface area (Å²) in [4.78, 5) is 16.4. The molecular weight excluding hydrogens is 344 g/mol. The van der Waals surface area contributed by atoms with Crippen LogP contribution in [0.2, 0.25) is 0 Å². The monoisotopic (exact) mass is 374 g/mol. The summed E-state index contributed by atoms with van der Waals surface area (Å²) in [6, 6.07) is 5.78. The van der Waals surface area contributed by atoms with E-state index in [9.17, 15) is 4.79 Å². The van der Waals surface area contributed by atoms with E-state index in [1.807, 2.05) is 13.0 Å². The van der Waals surface area contributed by atoms with Gasteiger partial charge in [-0.15, -0.1) is 0 Å². The highest BCUT2D eigenvalue weighted by molar-refractivity contribution is 8.13. The Hall–Kier alpha value is -1.75. The summed E-state index contributed by atoms with van der Waals surface area (Å²) in [5.74, 6) is 1.33. The largest absolute Gasteiger partial charge is 0.423 e. The molecule has 0 aliphatic heterocycles. The van der Waals surface area contributed by atoms with Gasteiger partial charge in [-0.25, -0.2) is 4.79 Å². The lowest BCUT2D eigenvalue weighted by molar-refractivity contribution is 0.512. The van der Waals surface area contributed by atoms with Crippen LogP contribution < -0.4 is 11.4 Å². The summed E-state index contributed by atoms with van der Waals surface area (Å²) in [5.41, 5.74) is 9.64. The van der Waals surface area contributed by atoms with Gasteiger partial charge in [-0.05, 0) is 61.9 Å². The predicted octanol–water partition coefficient (Wildman–Crippen LogP) is 5.17. The van der Waals surface area contributed by atoms with E-state index in [4.69, 9.17) is 10.2 Å². The molecule has 0 amide bonds. The average Bonchev–Trinajstić information content (AvgIpc) is 2.54. The Labute approximate surface area is 160 Å². The number of aliphatic imine (C=N–C) groups is 1. The molecule has 1 atom stereocenters. The first-order chi connectivity index (χ1) is 12.3. The Balaban J connectivity index is 2.07. The number of hydrogen-bond acceptors (Lipinski definition) is 4. The maximum absolute atomic E-state index is 11.9. The van der Waals surface area contributed by atoms with Crippen molar-refractivity contribution >= 4 is 27.9 Å². The van der Waals surface area contributed by atoms with Gasteiger partial charge in [0, 0.05) is 23.2 Å². The summed E-state index contributed by atoms with van der Waals surface area (Å²) < 4.78 is 5.35. The van der Waals surface area contributed by atoms with Crippen LogP contribution in [0, 0.1) is 19.8 Å². The SMILES string of the molecule is Cc1cc2oc(=O)cc(CSC(N)=N[C@@H](C)CCCC(C)C)c2cc1C. The minimum atomic E-state index is -0.325. The summed E-state index contributed by atoms with van der Waals surface area (Å²) in [5, 5.41) is 1.55. The molecule has 1 heterocycles. The first-order valence-corrected chi connectivity index (χ1v) is 10.2. The number of fused-ring (bicyclic) bond motifs is 1. The second kappa shape index (κ2) is 9.26. The van der Waals surface area contributed by atoms with Gasteiger partial charge in [0.15, 0.2) is 5.17 Å². The Morgan fingerprint density at radius 1 is 1.15 bits per heavy atom. The molecule has 0 radical (unpaired) electrons. The van der Waals surface area contributed by atoms with Crippen molar-refractivity contribution < 1.29 is 4.42 Å². The molecule has 26 heavy (non-hydrogen) atoms. The Morgan fingerprint density at radius 2 is 1.85 bits per heavy atom. The molecule has 0 aliphatic carbocycles. The first kappa shape index (κ1) is 20.6. The lowest BCUT2D eigenvalue weighted by Gasteiger charge is -2.10. The zero-order valence-corrected chi connectivity index (χ0v) is 17.3. The number of amidine groups is 1. The zero-order valence-electron chi connectivity index (χ0n) is 16.5. The van der Waals surface area contributed by atoms with Gasteiger partial charge in [0.25, 0.3) is 0 Å². The quantitative estimate of drug-likeness (QED) is 0.412. The van der Waals surface area contributed by atoms with Gasteiger partial charge in [0.05, 0.1) is 0 Å². The lowest BCUT2D eigenvalue weighted by atomic mass is 10.0. The van der Waals surface area contributed by atoms with Gasteiger partial charge >= 0.3 is 5.63 Å². The smallest absolute Gasteiger partial charge is 0.336 e. The summed E-state index contributed by atoms with van der Waals surface area (Å²) in [6.07, 6.45) is 3.44. The van der Waals surface area contributed by atoms with E-state index in [1.165, 1.54) is 30.2 Å². The molecule has 5 heteroatoms. The first-order valence-electron chi connectivity index (χ1n) is 9.26. The highest BCUT2D eigenvalue weighted by atomic mass is 32.2. The molecule has 4 nitrogen and oxygen atoms in total. The van der Waals surface area contributed by atoms with Crippen molar-refractivity contribution in [1.82, 2.24) is 0 Å². The van der Waals surface area contributed by atoms with E-state index in [2.05, 4.69) is 38.8 Å². The molecule has 0 unspecified atom stereocenters. The molecule has 1 aromatic heterocycles. The van der Waals surface area contributed by atoms with E-state index in [0.717, 1.165) is 28.9 Å². The number of nitrogens with two attached hydrogens (primary N) is 1. The third-order valence-electron chi connectivity index (χ3n) is 4.57. The molecule has 142 valence electrons. The number of rotatable bonds is 7. The normalized spacial score (nSPS) is 13.5. The van der Waals surface area contributed by atoms with Gasteiger partial charge in [-0.2, -0.15) is 0 Å². The van der Waals surface area contributed by atoms with E-state index in [-0.39, 0.29) is 11.7 Å². The third-order valence-corrected chi connectivity index (χ3v) is 5.43. The van der Waals surface area contributed by atoms with Gasteiger partial charge in [-0.1, -0.05) is 38.5 Å². The number of thioether (sulfide) groups is 1. The van der Waals surface area contributed by atoms with Crippen LogP contribution in [0.1, 0.15) is 56.7 Å². The van der Waals surface area contributed by atoms with Crippen molar-refractivity contribution in [1.29, 1.82) is 0 Å². The Morgan fingerprint density at radius 3 is 2.54 bits per heavy atom. The molecular formula is C21H30N2O2S. The minimum Gasteiger partial charge on any atom is -0.423 e. The molecule has 0 bridgehead atoms. The van der Waals surface area contributed by atoms with Crippen molar-refractivity contribution in [2.24, 2.45) is 16.6 Å². The lowest BCUT2D eigenvalue weighted by Crippen LogP contribution is -2.12. The summed E-state index contributed by atoms with van der Waals surface area (Å²) >= 11 is 1.48. The highest BCUT2D eigenvalue weighted by Crippen LogP contribution is 2.24. The number of aryl methyl sites for hydroxylation is 2. The van der Waals surface area contributed by atoms with E-state index < -0.39 is 0 Å². The molecule has 0 fully saturated rings. The predicted molar refractivity (Wildman–Crippen MR) is 113 cm³/mol. The fourth-order valence-electron chi connectivity index (χ4n) is 2.89. The average molecular weight is 375 g/mol. The second-order valence-electron chi connectivity index (χ2n) is 7.45. The molecule has 0 spiro atoms. The van der Waals surface area contributed by atoms with Crippen LogP contribution in [0.5, 0.6) is 0 Å². The van der Waals surface area contributed by atoms with Gasteiger partial charge < -0.3 is 10.2 Å². The fourth-order valence-corrected chi connectivity index (χ4v) is 3.69. The summed E-state index contributed by atoms with van der Waals surface area (Å²) in [6.45, 7) is 10.7. The van der Waals surface area contributed by atoms with Crippen LogP contribution in [0.4, 0.5) is 0 Å². The van der Waals surface area contributed by atoms with Crippen LogP contribution in [-0.2, 0) is 5.75 Å². The molecule has 2 N–H and O–H groups in total. The number of benzene rings is 1. The number of nitrogens with zero attached hydrogens (tertiary/aromatic N) is 1. The van der Waals surface area contributed by atoms with E-state index in [0.29, 0.717) is 16.5 Å². The zero-order chi connectivity index (χ0) is 19.3.